The van der Waals surface area contributed by atoms with Crippen molar-refractivity contribution in [1.29, 1.82) is 0 Å². The van der Waals surface area contributed by atoms with Crippen molar-refractivity contribution in [3.8, 4) is 0 Å². The number of fused-ring (bicyclic) bond motifs is 1. The van der Waals surface area contributed by atoms with E-state index in [-0.39, 0.29) is 5.69 Å². The predicted octanol–water partition coefficient (Wildman–Crippen LogP) is 4.27. The maximum atomic E-state index is 10.8. The molecule has 0 aliphatic rings. The number of nitrogens with one attached hydrogen (secondary N) is 3. The van der Waals surface area contributed by atoms with Crippen molar-refractivity contribution in [1.82, 2.24) is 30.3 Å². The number of nitrogens with zero attached hydrogens (tertiary/aromatic N) is 6. The topological polar surface area (TPSA) is 136 Å². The largest absolute Gasteiger partial charge is 0.366 e. The lowest BCUT2D eigenvalue weighted by Crippen LogP contribution is -2.32. The Hall–Kier alpha value is -3.84. The van der Waals surface area contributed by atoms with E-state index < -0.39 is 4.92 Å². The Balaban J connectivity index is 1.37. The summed E-state index contributed by atoms with van der Waals surface area (Å²) in [6.07, 6.45) is 1.84. The molecule has 0 unspecified atom stereocenters. The molecule has 0 amide bonds. The van der Waals surface area contributed by atoms with Crippen LogP contribution in [0, 0.1) is 10.1 Å². The molecule has 13 heteroatoms. The summed E-state index contributed by atoms with van der Waals surface area (Å²) in [5.41, 5.74) is 3.25. The Morgan fingerprint density at radius 1 is 1.11 bits per heavy atom. The minimum Gasteiger partial charge on any atom is -0.366 e. The molecule has 0 radical (unpaired) electrons. The second-order valence-corrected chi connectivity index (χ2v) is 9.51. The van der Waals surface area contributed by atoms with Gasteiger partial charge >= 0.3 is 0 Å². The summed E-state index contributed by atoms with van der Waals surface area (Å²) in [6, 6.07) is 16.3. The van der Waals surface area contributed by atoms with E-state index in [1.165, 1.54) is 17.7 Å². The van der Waals surface area contributed by atoms with E-state index in [2.05, 4.69) is 50.3 Å². The Bertz CT molecular complexity index is 1350. The number of aromatic nitrogens is 5. The first kappa shape index (κ1) is 26.2. The number of thiocarbonyl (C=S) groups is 1. The number of hydrogen-bond donors (Lipinski definition) is 3. The standard InChI is InChI=1S/C24H27N9O2S2/c1-2-16-37-24-28-21(20-22(29-24)32(31-30-20)15-12-17-6-4-3-5-7-17)25-13-14-26-23(36)27-18-8-10-19(11-9-18)33(34)35/h3-11H,2,12-16H2,1H3,(H,25,28,29)(H2,26,27,36). The van der Waals surface area contributed by atoms with Gasteiger partial charge < -0.3 is 16.0 Å². The molecule has 11 nitrogen and oxygen atoms in total. The van der Waals surface area contributed by atoms with Crippen LogP contribution in [0.2, 0.25) is 0 Å². The van der Waals surface area contributed by atoms with Gasteiger partial charge in [-0.25, -0.2) is 14.6 Å². The normalized spacial score (nSPS) is 10.8. The minimum atomic E-state index is -0.440. The van der Waals surface area contributed by atoms with Gasteiger partial charge in [0.1, 0.15) is 0 Å². The number of thioether (sulfide) groups is 1. The first-order valence-electron chi connectivity index (χ1n) is 11.8. The maximum absolute atomic E-state index is 10.8. The molecule has 192 valence electrons. The van der Waals surface area contributed by atoms with Crippen molar-refractivity contribution in [3.05, 3.63) is 70.3 Å². The molecular formula is C24H27N9O2S2. The van der Waals surface area contributed by atoms with Gasteiger partial charge in [-0.3, -0.25) is 10.1 Å². The van der Waals surface area contributed by atoms with Gasteiger partial charge in [0.15, 0.2) is 27.3 Å². The zero-order valence-electron chi connectivity index (χ0n) is 20.3. The highest BCUT2D eigenvalue weighted by atomic mass is 32.2. The molecule has 0 saturated heterocycles. The molecular weight excluding hydrogens is 510 g/mol. The van der Waals surface area contributed by atoms with E-state index in [1.54, 1.807) is 23.9 Å². The average Bonchev–Trinajstić information content (AvgIpc) is 3.32. The second-order valence-electron chi connectivity index (χ2n) is 8.04. The van der Waals surface area contributed by atoms with Crippen molar-refractivity contribution >= 4 is 57.4 Å². The van der Waals surface area contributed by atoms with Crippen LogP contribution in [0.25, 0.3) is 11.2 Å². The molecule has 0 atom stereocenters. The van der Waals surface area contributed by atoms with Crippen LogP contribution >= 0.6 is 24.0 Å². The molecule has 4 aromatic rings. The van der Waals surface area contributed by atoms with Gasteiger partial charge in [0.05, 0.1) is 4.92 Å². The van der Waals surface area contributed by atoms with E-state index in [1.807, 2.05) is 22.9 Å². The smallest absolute Gasteiger partial charge is 0.269 e. The van der Waals surface area contributed by atoms with Crippen LogP contribution in [-0.4, -0.2) is 53.8 Å². The first-order valence-corrected chi connectivity index (χ1v) is 13.2. The molecule has 2 aromatic carbocycles. The highest BCUT2D eigenvalue weighted by Gasteiger charge is 2.15. The summed E-state index contributed by atoms with van der Waals surface area (Å²) in [4.78, 5) is 19.8. The van der Waals surface area contributed by atoms with Crippen LogP contribution in [0.5, 0.6) is 0 Å². The molecule has 37 heavy (non-hydrogen) atoms. The van der Waals surface area contributed by atoms with Crippen LogP contribution in [0.3, 0.4) is 0 Å². The van der Waals surface area contributed by atoms with Gasteiger partial charge in [0.2, 0.25) is 0 Å². The van der Waals surface area contributed by atoms with E-state index in [4.69, 9.17) is 17.2 Å². The van der Waals surface area contributed by atoms with Gasteiger partial charge in [-0.1, -0.05) is 54.2 Å². The number of nitro groups is 1. The molecule has 4 rings (SSSR count). The molecule has 2 heterocycles. The molecule has 2 aromatic heterocycles. The summed E-state index contributed by atoms with van der Waals surface area (Å²) in [5, 5.41) is 30.0. The summed E-state index contributed by atoms with van der Waals surface area (Å²) >= 11 is 6.93. The Morgan fingerprint density at radius 2 is 1.89 bits per heavy atom. The van der Waals surface area contributed by atoms with Gasteiger partial charge in [-0.15, -0.1) is 5.10 Å². The lowest BCUT2D eigenvalue weighted by Gasteiger charge is -2.12. The fourth-order valence-corrected chi connectivity index (χ4v) is 4.36. The maximum Gasteiger partial charge on any atom is 0.269 e. The quantitative estimate of drug-likeness (QED) is 0.0597. The SMILES string of the molecule is CCCSc1nc(NCCNC(=S)Nc2ccc([N+](=O)[O-])cc2)c2nnn(CCc3ccccc3)c2n1. The van der Waals surface area contributed by atoms with E-state index in [9.17, 15) is 10.1 Å². The fourth-order valence-electron chi connectivity index (χ4n) is 3.45. The summed E-state index contributed by atoms with van der Waals surface area (Å²) in [6.45, 7) is 3.83. The zero-order valence-corrected chi connectivity index (χ0v) is 21.9. The van der Waals surface area contributed by atoms with Crippen molar-refractivity contribution < 1.29 is 4.92 Å². The molecule has 0 bridgehead atoms. The highest BCUT2D eigenvalue weighted by Crippen LogP contribution is 2.23. The number of hydrogen-bond acceptors (Lipinski definition) is 9. The van der Waals surface area contributed by atoms with Gasteiger partial charge in [-0.05, 0) is 42.8 Å². The zero-order chi connectivity index (χ0) is 26.0. The number of non-ortho nitro benzene ring substituents is 1. The van der Waals surface area contributed by atoms with Crippen LogP contribution < -0.4 is 16.0 Å². The monoisotopic (exact) mass is 537 g/mol. The molecule has 0 aliphatic heterocycles. The highest BCUT2D eigenvalue weighted by molar-refractivity contribution is 7.99. The predicted molar refractivity (Wildman–Crippen MR) is 150 cm³/mol. The van der Waals surface area contributed by atoms with Crippen molar-refractivity contribution in [3.63, 3.8) is 0 Å². The van der Waals surface area contributed by atoms with Gasteiger partial charge in [-0.2, -0.15) is 0 Å². The third-order valence-corrected chi connectivity index (χ3v) is 6.57. The number of aryl methyl sites for hydroxylation is 2. The number of anilines is 2. The molecule has 0 fully saturated rings. The average molecular weight is 538 g/mol. The Labute approximate surface area is 223 Å². The van der Waals surface area contributed by atoms with E-state index in [0.717, 1.165) is 18.6 Å². The third kappa shape index (κ3) is 7.33. The van der Waals surface area contributed by atoms with E-state index in [0.29, 0.717) is 52.6 Å². The van der Waals surface area contributed by atoms with Crippen LogP contribution in [0.4, 0.5) is 17.2 Å². The van der Waals surface area contributed by atoms with Crippen LogP contribution in [0.15, 0.2) is 59.8 Å². The van der Waals surface area contributed by atoms with Crippen molar-refractivity contribution in [2.45, 2.75) is 31.5 Å². The molecule has 3 N–H and O–H groups in total. The van der Waals surface area contributed by atoms with Gasteiger partial charge in [0.25, 0.3) is 5.69 Å². The number of benzene rings is 2. The summed E-state index contributed by atoms with van der Waals surface area (Å²) in [5.74, 6) is 1.55. The van der Waals surface area contributed by atoms with Crippen LogP contribution in [-0.2, 0) is 13.0 Å². The minimum absolute atomic E-state index is 0.0262. The summed E-state index contributed by atoms with van der Waals surface area (Å²) in [7, 11) is 0. The molecule has 0 aliphatic carbocycles. The van der Waals surface area contributed by atoms with Crippen molar-refractivity contribution in [2.75, 3.05) is 29.5 Å². The lowest BCUT2D eigenvalue weighted by atomic mass is 10.1. The second kappa shape index (κ2) is 12.9. The third-order valence-electron chi connectivity index (χ3n) is 5.27. The summed E-state index contributed by atoms with van der Waals surface area (Å²) < 4.78 is 1.83. The molecule has 0 saturated carbocycles. The number of rotatable bonds is 12. The molecule has 0 spiro atoms. The number of nitro benzene ring substituents is 1. The van der Waals surface area contributed by atoms with E-state index >= 15 is 0 Å². The lowest BCUT2D eigenvalue weighted by molar-refractivity contribution is -0.384. The Morgan fingerprint density at radius 3 is 2.62 bits per heavy atom. The fraction of sp³-hybridized carbons (Fsp3) is 0.292. The van der Waals surface area contributed by atoms with Crippen molar-refractivity contribution in [2.24, 2.45) is 0 Å². The van der Waals surface area contributed by atoms with Crippen LogP contribution in [0.1, 0.15) is 18.9 Å². The first-order chi connectivity index (χ1) is 18.0. The Kier molecular flexibility index (Phi) is 9.16. The van der Waals surface area contributed by atoms with Gasteiger partial charge in [0, 0.05) is 43.2 Å².